The Morgan fingerprint density at radius 1 is 1.35 bits per heavy atom. The van der Waals surface area contributed by atoms with Crippen molar-refractivity contribution in [3.05, 3.63) is 63.8 Å². The van der Waals surface area contributed by atoms with E-state index in [4.69, 9.17) is 5.11 Å². The third-order valence-corrected chi connectivity index (χ3v) is 2.62. The monoisotopic (exact) mass is 273 g/mol. The smallest absolute Gasteiger partial charge is 0.335 e. The van der Waals surface area contributed by atoms with Crippen LogP contribution in [0.1, 0.15) is 15.9 Å². The molecular formula is C13H11N3O4. The lowest BCUT2D eigenvalue weighted by atomic mass is 10.1. The van der Waals surface area contributed by atoms with Crippen LogP contribution in [-0.2, 0) is 6.54 Å². The number of carboxylic acid groups (broad SMARTS) is 1. The number of carbonyl (C=O) groups is 1. The van der Waals surface area contributed by atoms with Gasteiger partial charge < -0.3 is 10.4 Å². The Morgan fingerprint density at radius 2 is 2.15 bits per heavy atom. The van der Waals surface area contributed by atoms with Gasteiger partial charge in [0.25, 0.3) is 0 Å². The highest BCUT2D eigenvalue weighted by atomic mass is 16.6. The summed E-state index contributed by atoms with van der Waals surface area (Å²) in [7, 11) is 0. The summed E-state index contributed by atoms with van der Waals surface area (Å²) in [5.74, 6) is -0.867. The van der Waals surface area contributed by atoms with Gasteiger partial charge in [-0.05, 0) is 23.8 Å². The largest absolute Gasteiger partial charge is 0.478 e. The van der Waals surface area contributed by atoms with Crippen molar-refractivity contribution < 1.29 is 14.8 Å². The summed E-state index contributed by atoms with van der Waals surface area (Å²) in [6.45, 7) is 0.249. The number of nitrogens with zero attached hydrogens (tertiary/aromatic N) is 2. The summed E-state index contributed by atoms with van der Waals surface area (Å²) in [5.41, 5.74) is 0.742. The van der Waals surface area contributed by atoms with Gasteiger partial charge in [-0.25, -0.2) is 9.78 Å². The molecule has 20 heavy (non-hydrogen) atoms. The molecule has 0 atom stereocenters. The summed E-state index contributed by atoms with van der Waals surface area (Å²) in [6.07, 6.45) is 1.45. The van der Waals surface area contributed by atoms with Gasteiger partial charge >= 0.3 is 11.7 Å². The average molecular weight is 273 g/mol. The lowest BCUT2D eigenvalue weighted by Gasteiger charge is -2.06. The molecule has 0 amide bonds. The quantitative estimate of drug-likeness (QED) is 0.639. The molecule has 0 saturated carbocycles. The normalized spacial score (nSPS) is 10.0. The maximum Gasteiger partial charge on any atom is 0.335 e. The number of aromatic nitrogens is 1. The zero-order chi connectivity index (χ0) is 14.5. The molecule has 7 heteroatoms. The first-order valence-corrected chi connectivity index (χ1v) is 5.73. The van der Waals surface area contributed by atoms with E-state index in [-0.39, 0.29) is 23.6 Å². The number of aromatic carboxylic acids is 1. The van der Waals surface area contributed by atoms with Crippen molar-refractivity contribution in [2.24, 2.45) is 0 Å². The average Bonchev–Trinajstić information content (AvgIpc) is 2.45. The molecule has 102 valence electrons. The second-order valence-electron chi connectivity index (χ2n) is 3.99. The number of nitro groups is 1. The summed E-state index contributed by atoms with van der Waals surface area (Å²) in [4.78, 5) is 25.1. The molecule has 0 radical (unpaired) electrons. The molecule has 0 aliphatic carbocycles. The minimum Gasteiger partial charge on any atom is -0.478 e. The van der Waals surface area contributed by atoms with E-state index >= 15 is 0 Å². The van der Waals surface area contributed by atoms with E-state index in [9.17, 15) is 14.9 Å². The van der Waals surface area contributed by atoms with Crippen molar-refractivity contribution in [1.29, 1.82) is 0 Å². The first kappa shape index (κ1) is 13.5. The van der Waals surface area contributed by atoms with Gasteiger partial charge in [0.2, 0.25) is 5.82 Å². The molecule has 2 rings (SSSR count). The van der Waals surface area contributed by atoms with E-state index in [0.29, 0.717) is 5.56 Å². The van der Waals surface area contributed by atoms with Crippen LogP contribution in [-0.4, -0.2) is 21.0 Å². The second-order valence-corrected chi connectivity index (χ2v) is 3.99. The van der Waals surface area contributed by atoms with E-state index in [2.05, 4.69) is 10.3 Å². The summed E-state index contributed by atoms with van der Waals surface area (Å²) in [5, 5.41) is 22.5. The first-order valence-electron chi connectivity index (χ1n) is 5.73. The highest BCUT2D eigenvalue weighted by Crippen LogP contribution is 2.21. The van der Waals surface area contributed by atoms with Crippen molar-refractivity contribution >= 4 is 17.5 Å². The topological polar surface area (TPSA) is 105 Å². The summed E-state index contributed by atoms with van der Waals surface area (Å²) >= 11 is 0. The standard InChI is InChI=1S/C13H11N3O4/c17-13(18)10-4-1-3-9(7-10)8-15-12-11(16(19)20)5-2-6-14-12/h1-7H,8H2,(H,14,15)(H,17,18). The fraction of sp³-hybridized carbons (Fsp3) is 0.0769. The van der Waals surface area contributed by atoms with Crippen LogP contribution in [0, 0.1) is 10.1 Å². The molecule has 1 heterocycles. The van der Waals surface area contributed by atoms with Gasteiger partial charge in [-0.2, -0.15) is 0 Å². The molecule has 0 fully saturated rings. The van der Waals surface area contributed by atoms with Crippen LogP contribution in [0.5, 0.6) is 0 Å². The molecule has 2 N–H and O–H groups in total. The predicted molar refractivity (Wildman–Crippen MR) is 71.6 cm³/mol. The Hall–Kier alpha value is -2.96. The van der Waals surface area contributed by atoms with E-state index in [1.54, 1.807) is 12.1 Å². The van der Waals surface area contributed by atoms with Crippen LogP contribution < -0.4 is 5.32 Å². The fourth-order valence-corrected chi connectivity index (χ4v) is 1.68. The lowest BCUT2D eigenvalue weighted by molar-refractivity contribution is -0.384. The van der Waals surface area contributed by atoms with Crippen LogP contribution in [0.2, 0.25) is 0 Å². The van der Waals surface area contributed by atoms with E-state index in [0.717, 1.165) is 0 Å². The molecule has 1 aromatic carbocycles. The Balaban J connectivity index is 2.15. The molecule has 0 aliphatic rings. The minimum atomic E-state index is -1.02. The zero-order valence-electron chi connectivity index (χ0n) is 10.3. The molecule has 7 nitrogen and oxygen atoms in total. The number of hydrogen-bond acceptors (Lipinski definition) is 5. The molecule has 1 aromatic heterocycles. The third kappa shape index (κ3) is 3.08. The molecular weight excluding hydrogens is 262 g/mol. The van der Waals surface area contributed by atoms with Gasteiger partial charge in [-0.1, -0.05) is 12.1 Å². The highest BCUT2D eigenvalue weighted by molar-refractivity contribution is 5.87. The first-order chi connectivity index (χ1) is 9.58. The number of anilines is 1. The van der Waals surface area contributed by atoms with Gasteiger partial charge in [0.1, 0.15) is 0 Å². The van der Waals surface area contributed by atoms with Crippen molar-refractivity contribution in [2.45, 2.75) is 6.54 Å². The lowest BCUT2D eigenvalue weighted by Crippen LogP contribution is -2.05. The Bertz CT molecular complexity index is 658. The van der Waals surface area contributed by atoms with Crippen molar-refractivity contribution in [2.75, 3.05) is 5.32 Å². The summed E-state index contributed by atoms with van der Waals surface area (Å²) < 4.78 is 0. The number of nitrogens with one attached hydrogen (secondary N) is 1. The van der Waals surface area contributed by atoms with Crippen LogP contribution in [0.3, 0.4) is 0 Å². The Kier molecular flexibility index (Phi) is 3.90. The van der Waals surface area contributed by atoms with Crippen molar-refractivity contribution in [1.82, 2.24) is 4.98 Å². The van der Waals surface area contributed by atoms with Gasteiger partial charge in [0, 0.05) is 18.8 Å². The van der Waals surface area contributed by atoms with Crippen LogP contribution >= 0.6 is 0 Å². The minimum absolute atomic E-state index is 0.123. The molecule has 2 aromatic rings. The fourth-order valence-electron chi connectivity index (χ4n) is 1.68. The molecule has 0 saturated heterocycles. The molecule has 0 bridgehead atoms. The van der Waals surface area contributed by atoms with Crippen LogP contribution in [0.25, 0.3) is 0 Å². The van der Waals surface area contributed by atoms with Crippen molar-refractivity contribution in [3.63, 3.8) is 0 Å². The Labute approximate surface area is 114 Å². The van der Waals surface area contributed by atoms with Gasteiger partial charge in [0.05, 0.1) is 10.5 Å². The second kappa shape index (κ2) is 5.79. The summed E-state index contributed by atoms with van der Waals surface area (Å²) in [6, 6.07) is 9.16. The highest BCUT2D eigenvalue weighted by Gasteiger charge is 2.13. The third-order valence-electron chi connectivity index (χ3n) is 2.62. The SMILES string of the molecule is O=C(O)c1cccc(CNc2ncccc2[N+](=O)[O-])c1. The Morgan fingerprint density at radius 3 is 2.85 bits per heavy atom. The predicted octanol–water partition coefficient (Wildman–Crippen LogP) is 2.30. The van der Waals surface area contributed by atoms with E-state index in [1.165, 1.54) is 30.5 Å². The maximum atomic E-state index is 10.8. The molecule has 0 unspecified atom stereocenters. The number of benzene rings is 1. The van der Waals surface area contributed by atoms with Gasteiger partial charge in [-0.3, -0.25) is 10.1 Å². The number of hydrogen-bond donors (Lipinski definition) is 2. The van der Waals surface area contributed by atoms with Crippen molar-refractivity contribution in [3.8, 4) is 0 Å². The number of pyridine rings is 1. The van der Waals surface area contributed by atoms with Gasteiger partial charge in [-0.15, -0.1) is 0 Å². The number of carboxylic acids is 1. The van der Waals surface area contributed by atoms with Crippen LogP contribution in [0.4, 0.5) is 11.5 Å². The van der Waals surface area contributed by atoms with E-state index < -0.39 is 10.9 Å². The zero-order valence-corrected chi connectivity index (χ0v) is 10.3. The van der Waals surface area contributed by atoms with Crippen LogP contribution in [0.15, 0.2) is 42.6 Å². The van der Waals surface area contributed by atoms with Gasteiger partial charge in [0.15, 0.2) is 0 Å². The number of rotatable bonds is 5. The molecule has 0 spiro atoms. The molecule has 0 aliphatic heterocycles. The van der Waals surface area contributed by atoms with E-state index in [1.807, 2.05) is 0 Å². The maximum absolute atomic E-state index is 10.8.